The molecule has 19 heavy (non-hydrogen) atoms. The number of nitrogens with one attached hydrogen (secondary N) is 3. The van der Waals surface area contributed by atoms with Crippen LogP contribution in [0.3, 0.4) is 0 Å². The monoisotopic (exact) mass is 280 g/mol. The number of halogens is 1. The molecule has 2 aromatic rings. The summed E-state index contributed by atoms with van der Waals surface area (Å²) in [6, 6.07) is 5.49. The van der Waals surface area contributed by atoms with Gasteiger partial charge in [-0.2, -0.15) is 5.10 Å². The summed E-state index contributed by atoms with van der Waals surface area (Å²) in [5.41, 5.74) is 2.50. The second kappa shape index (κ2) is 5.44. The van der Waals surface area contributed by atoms with Crippen LogP contribution in [0.15, 0.2) is 34.2 Å². The smallest absolute Gasteiger partial charge is 0.264 e. The van der Waals surface area contributed by atoms with Gasteiger partial charge in [-0.1, -0.05) is 0 Å². The van der Waals surface area contributed by atoms with Crippen molar-refractivity contribution in [2.24, 2.45) is 5.10 Å². The highest BCUT2D eigenvalue weighted by molar-refractivity contribution is 7.71. The van der Waals surface area contributed by atoms with E-state index in [0.717, 1.165) is 6.21 Å². The Bertz CT molecular complexity index is 721. The van der Waals surface area contributed by atoms with Crippen LogP contribution < -0.4 is 11.0 Å². The number of benzene rings is 1. The number of hydrogen-bond acceptors (Lipinski definition) is 5. The summed E-state index contributed by atoms with van der Waals surface area (Å²) >= 11 is 4.68. The van der Waals surface area contributed by atoms with Crippen LogP contribution in [0.5, 0.6) is 5.88 Å². The van der Waals surface area contributed by atoms with Gasteiger partial charge in [0.15, 0.2) is 4.77 Å². The number of aromatic nitrogens is 2. The Morgan fingerprint density at radius 2 is 2.00 bits per heavy atom. The Labute approximate surface area is 111 Å². The fraction of sp³-hybridized carbons (Fsp3) is 0. The Morgan fingerprint density at radius 1 is 1.32 bits per heavy atom. The van der Waals surface area contributed by atoms with E-state index in [4.69, 9.17) is 0 Å². The molecular weight excluding hydrogens is 271 g/mol. The van der Waals surface area contributed by atoms with Crippen molar-refractivity contribution >= 4 is 24.1 Å². The Morgan fingerprint density at radius 3 is 2.63 bits per heavy atom. The lowest BCUT2D eigenvalue weighted by Gasteiger charge is -2.00. The first-order valence-electron chi connectivity index (χ1n) is 5.16. The largest absolute Gasteiger partial charge is 0.494 e. The number of H-pyrrole nitrogens is 2. The van der Waals surface area contributed by atoms with Crippen LogP contribution in [-0.2, 0) is 0 Å². The van der Waals surface area contributed by atoms with Crippen LogP contribution in [0.25, 0.3) is 0 Å². The van der Waals surface area contributed by atoms with Crippen molar-refractivity contribution in [1.82, 2.24) is 9.97 Å². The number of nitrogens with zero attached hydrogens (tertiary/aromatic N) is 1. The molecule has 0 bridgehead atoms. The lowest BCUT2D eigenvalue weighted by Crippen LogP contribution is -2.14. The van der Waals surface area contributed by atoms with E-state index < -0.39 is 5.56 Å². The topological polar surface area (TPSA) is 93.3 Å². The zero-order chi connectivity index (χ0) is 13.8. The van der Waals surface area contributed by atoms with Gasteiger partial charge < -0.3 is 10.1 Å². The van der Waals surface area contributed by atoms with E-state index in [9.17, 15) is 14.3 Å². The fourth-order valence-electron chi connectivity index (χ4n) is 1.30. The lowest BCUT2D eigenvalue weighted by atomic mass is 10.3. The van der Waals surface area contributed by atoms with Crippen LogP contribution in [0.2, 0.25) is 0 Å². The first-order valence-corrected chi connectivity index (χ1v) is 5.57. The maximum absolute atomic E-state index is 12.7. The Kier molecular flexibility index (Phi) is 3.71. The second-order valence-electron chi connectivity index (χ2n) is 3.55. The van der Waals surface area contributed by atoms with Crippen LogP contribution in [-0.4, -0.2) is 21.3 Å². The molecule has 0 aliphatic heterocycles. The van der Waals surface area contributed by atoms with Gasteiger partial charge in [0.1, 0.15) is 11.4 Å². The van der Waals surface area contributed by atoms with E-state index in [1.807, 2.05) is 0 Å². The molecule has 0 radical (unpaired) electrons. The highest BCUT2D eigenvalue weighted by Crippen LogP contribution is 2.08. The molecule has 0 spiro atoms. The number of rotatable bonds is 3. The molecule has 0 fully saturated rings. The molecule has 0 amide bonds. The third-order valence-corrected chi connectivity index (χ3v) is 2.39. The molecule has 6 nitrogen and oxygen atoms in total. The van der Waals surface area contributed by atoms with Crippen molar-refractivity contribution < 1.29 is 9.50 Å². The number of hydrazone groups is 1. The van der Waals surface area contributed by atoms with Crippen molar-refractivity contribution in [3.8, 4) is 5.88 Å². The number of anilines is 1. The van der Waals surface area contributed by atoms with Crippen LogP contribution >= 0.6 is 12.2 Å². The van der Waals surface area contributed by atoms with Crippen LogP contribution in [0.4, 0.5) is 10.1 Å². The highest BCUT2D eigenvalue weighted by Gasteiger charge is 2.03. The molecule has 0 unspecified atom stereocenters. The third-order valence-electron chi connectivity index (χ3n) is 2.19. The quantitative estimate of drug-likeness (QED) is 0.391. The van der Waals surface area contributed by atoms with Gasteiger partial charge in [0, 0.05) is 0 Å². The number of aromatic hydroxyl groups is 1. The van der Waals surface area contributed by atoms with Gasteiger partial charge in [-0.3, -0.25) is 15.2 Å². The molecule has 2 rings (SSSR count). The molecule has 8 heteroatoms. The predicted molar refractivity (Wildman–Crippen MR) is 71.5 cm³/mol. The summed E-state index contributed by atoms with van der Waals surface area (Å²) in [5, 5.41) is 13.3. The van der Waals surface area contributed by atoms with Crippen molar-refractivity contribution in [3.63, 3.8) is 0 Å². The van der Waals surface area contributed by atoms with Gasteiger partial charge in [-0.25, -0.2) is 4.39 Å². The minimum Gasteiger partial charge on any atom is -0.494 e. The highest BCUT2D eigenvalue weighted by atomic mass is 32.1. The minimum atomic E-state index is -0.564. The Hall–Kier alpha value is -2.48. The first kappa shape index (κ1) is 13.0. The molecule has 0 aliphatic carbocycles. The summed E-state index contributed by atoms with van der Waals surface area (Å²) in [7, 11) is 0. The first-order chi connectivity index (χ1) is 9.06. The van der Waals surface area contributed by atoms with Gasteiger partial charge >= 0.3 is 0 Å². The minimum absolute atomic E-state index is 0.0196. The van der Waals surface area contributed by atoms with Gasteiger partial charge in [-0.05, 0) is 36.5 Å². The van der Waals surface area contributed by atoms with Gasteiger partial charge in [-0.15, -0.1) is 0 Å². The molecule has 1 aromatic carbocycles. The van der Waals surface area contributed by atoms with Crippen molar-refractivity contribution in [2.75, 3.05) is 5.43 Å². The van der Waals surface area contributed by atoms with Gasteiger partial charge in [0.25, 0.3) is 5.56 Å². The van der Waals surface area contributed by atoms with Crippen LogP contribution in [0, 0.1) is 10.6 Å². The SMILES string of the molecule is O=c1[nH]c(=S)[nH]c(O)c1C=NNc1ccc(F)cc1. The third kappa shape index (κ3) is 3.26. The fourth-order valence-corrected chi connectivity index (χ4v) is 1.49. The molecule has 0 saturated heterocycles. The van der Waals surface area contributed by atoms with Gasteiger partial charge in [0.2, 0.25) is 5.88 Å². The van der Waals surface area contributed by atoms with E-state index in [0.29, 0.717) is 5.69 Å². The lowest BCUT2D eigenvalue weighted by molar-refractivity contribution is 0.449. The van der Waals surface area contributed by atoms with E-state index in [1.54, 1.807) is 0 Å². The van der Waals surface area contributed by atoms with Crippen molar-refractivity contribution in [1.29, 1.82) is 0 Å². The average Bonchev–Trinajstić information content (AvgIpc) is 2.34. The zero-order valence-corrected chi connectivity index (χ0v) is 10.3. The summed E-state index contributed by atoms with van der Waals surface area (Å²) in [5.74, 6) is -0.738. The maximum atomic E-state index is 12.7. The summed E-state index contributed by atoms with van der Waals surface area (Å²) < 4.78 is 12.7. The average molecular weight is 280 g/mol. The molecule has 98 valence electrons. The van der Waals surface area contributed by atoms with E-state index >= 15 is 0 Å². The summed E-state index contributed by atoms with van der Waals surface area (Å²) in [6.07, 6.45) is 1.13. The number of aromatic amines is 2. The molecule has 1 aromatic heterocycles. The van der Waals surface area contributed by atoms with E-state index in [-0.39, 0.29) is 22.0 Å². The summed E-state index contributed by atoms with van der Waals surface area (Å²) in [6.45, 7) is 0. The van der Waals surface area contributed by atoms with Gasteiger partial charge in [0.05, 0.1) is 11.9 Å². The molecule has 1 heterocycles. The molecule has 4 N–H and O–H groups in total. The maximum Gasteiger partial charge on any atom is 0.264 e. The predicted octanol–water partition coefficient (Wildman–Crippen LogP) is 1.72. The Balaban J connectivity index is 2.18. The second-order valence-corrected chi connectivity index (χ2v) is 3.96. The van der Waals surface area contributed by atoms with Crippen molar-refractivity contribution in [3.05, 3.63) is 50.8 Å². The van der Waals surface area contributed by atoms with Crippen LogP contribution in [0.1, 0.15) is 5.56 Å². The van der Waals surface area contributed by atoms with Crippen molar-refractivity contribution in [2.45, 2.75) is 0 Å². The van der Waals surface area contributed by atoms with E-state index in [1.165, 1.54) is 24.3 Å². The molecule has 0 atom stereocenters. The standard InChI is InChI=1S/C11H9FN4O2S/c12-6-1-3-7(4-2-6)16-13-5-8-9(17)14-11(19)15-10(8)18/h1-5,16H,(H3,14,15,17,18,19). The molecule has 0 saturated carbocycles. The zero-order valence-electron chi connectivity index (χ0n) is 9.48. The molecule has 0 aliphatic rings. The van der Waals surface area contributed by atoms with E-state index in [2.05, 4.69) is 32.7 Å². The number of hydrogen-bond donors (Lipinski definition) is 4. The normalized spacial score (nSPS) is 10.8. The summed E-state index contributed by atoms with van der Waals surface area (Å²) in [4.78, 5) is 16.2. The molecular formula is C11H9FN4O2S.